The van der Waals surface area contributed by atoms with Gasteiger partial charge < -0.3 is 15.1 Å². The Morgan fingerprint density at radius 2 is 1.67 bits per heavy atom. The molecule has 0 aromatic heterocycles. The highest BCUT2D eigenvalue weighted by atomic mass is 16.3. The zero-order valence-electron chi connectivity index (χ0n) is 12.4. The van der Waals surface area contributed by atoms with Gasteiger partial charge in [-0.25, -0.2) is 0 Å². The Kier molecular flexibility index (Phi) is 5.78. The largest absolute Gasteiger partial charge is 0.396 e. The Morgan fingerprint density at radius 1 is 1.00 bits per heavy atom. The molecule has 0 radical (unpaired) electrons. The molecule has 3 heteroatoms. The second-order valence-electron chi connectivity index (χ2n) is 5.23. The van der Waals surface area contributed by atoms with Crippen molar-refractivity contribution in [3.8, 4) is 0 Å². The number of nitrogens with zero attached hydrogens (tertiary/aromatic N) is 1. The zero-order valence-corrected chi connectivity index (χ0v) is 12.4. The molecule has 3 nitrogen and oxygen atoms in total. The summed E-state index contributed by atoms with van der Waals surface area (Å²) in [5.74, 6) is 0. The van der Waals surface area contributed by atoms with Gasteiger partial charge in [-0.05, 0) is 36.6 Å². The molecule has 0 aliphatic carbocycles. The molecule has 0 bridgehead atoms. The molecule has 0 aliphatic heterocycles. The van der Waals surface area contributed by atoms with Crippen molar-refractivity contribution in [3.63, 3.8) is 0 Å². The highest BCUT2D eigenvalue weighted by molar-refractivity contribution is 5.46. The summed E-state index contributed by atoms with van der Waals surface area (Å²) in [5.41, 5.74) is 3.13. The Hall–Kier alpha value is -1.84. The molecule has 1 unspecified atom stereocenters. The van der Waals surface area contributed by atoms with E-state index in [4.69, 9.17) is 5.11 Å². The number of para-hydroxylation sites is 1. The Labute approximate surface area is 126 Å². The van der Waals surface area contributed by atoms with Crippen molar-refractivity contribution >= 4 is 5.69 Å². The van der Waals surface area contributed by atoms with Crippen LogP contribution in [0.3, 0.4) is 0 Å². The van der Waals surface area contributed by atoms with E-state index in [0.717, 1.165) is 23.4 Å². The van der Waals surface area contributed by atoms with Gasteiger partial charge in [0.2, 0.25) is 0 Å². The summed E-state index contributed by atoms with van der Waals surface area (Å²) in [6, 6.07) is 17.9. The number of rotatable bonds is 7. The predicted octanol–water partition coefficient (Wildman–Crippen LogP) is 2.92. The average Bonchev–Trinajstić information content (AvgIpc) is 2.52. The molecular weight excluding hydrogens is 262 g/mol. The fourth-order valence-corrected chi connectivity index (χ4v) is 2.49. The van der Waals surface area contributed by atoms with Gasteiger partial charge in [0.15, 0.2) is 0 Å². The van der Waals surface area contributed by atoms with E-state index in [0.29, 0.717) is 13.0 Å². The van der Waals surface area contributed by atoms with Gasteiger partial charge in [-0.15, -0.1) is 0 Å². The van der Waals surface area contributed by atoms with Crippen LogP contribution < -0.4 is 4.90 Å². The highest BCUT2D eigenvalue weighted by Gasteiger charge is 2.15. The van der Waals surface area contributed by atoms with Crippen molar-refractivity contribution in [3.05, 3.63) is 65.7 Å². The van der Waals surface area contributed by atoms with E-state index in [1.807, 2.05) is 61.5 Å². The number of hydrogen-bond donors (Lipinski definition) is 2. The second-order valence-corrected chi connectivity index (χ2v) is 5.23. The van der Waals surface area contributed by atoms with Crippen molar-refractivity contribution in [1.29, 1.82) is 0 Å². The van der Waals surface area contributed by atoms with Crippen LogP contribution in [-0.2, 0) is 0 Å². The summed E-state index contributed by atoms with van der Waals surface area (Å²) in [4.78, 5) is 2.12. The minimum absolute atomic E-state index is 0.157. The van der Waals surface area contributed by atoms with Gasteiger partial charge in [0.1, 0.15) is 0 Å². The van der Waals surface area contributed by atoms with E-state index in [1.54, 1.807) is 0 Å². The quantitative estimate of drug-likeness (QED) is 0.822. The summed E-state index contributed by atoms with van der Waals surface area (Å²) in [6.07, 6.45) is 0.153. The first-order valence-electron chi connectivity index (χ1n) is 7.37. The number of aliphatic hydroxyl groups excluding tert-OH is 2. The third-order valence-electron chi connectivity index (χ3n) is 3.65. The van der Waals surface area contributed by atoms with Crippen LogP contribution in [0.5, 0.6) is 0 Å². The normalized spacial score (nSPS) is 12.1. The van der Waals surface area contributed by atoms with Crippen LogP contribution in [0.2, 0.25) is 0 Å². The van der Waals surface area contributed by atoms with E-state index in [1.165, 1.54) is 0 Å². The van der Waals surface area contributed by atoms with E-state index >= 15 is 0 Å². The topological polar surface area (TPSA) is 43.7 Å². The molecule has 0 aliphatic rings. The number of benzene rings is 2. The maximum absolute atomic E-state index is 10.5. The van der Waals surface area contributed by atoms with E-state index in [-0.39, 0.29) is 6.61 Å². The molecule has 2 rings (SSSR count). The Bertz CT molecular complexity index is 542. The van der Waals surface area contributed by atoms with Gasteiger partial charge in [-0.2, -0.15) is 0 Å². The van der Waals surface area contributed by atoms with Crippen molar-refractivity contribution in [2.75, 3.05) is 24.6 Å². The fourth-order valence-electron chi connectivity index (χ4n) is 2.49. The maximum atomic E-state index is 10.5. The highest BCUT2D eigenvalue weighted by Crippen LogP contribution is 2.22. The maximum Gasteiger partial charge on any atom is 0.0967 e. The lowest BCUT2D eigenvalue weighted by molar-refractivity contribution is 0.181. The number of aliphatic hydroxyl groups is 2. The fraction of sp³-hybridized carbons (Fsp3) is 0.333. The van der Waals surface area contributed by atoms with Gasteiger partial charge in [-0.1, -0.05) is 42.5 Å². The summed E-state index contributed by atoms with van der Waals surface area (Å²) >= 11 is 0. The second kappa shape index (κ2) is 7.81. The van der Waals surface area contributed by atoms with Crippen LogP contribution >= 0.6 is 0 Å². The van der Waals surface area contributed by atoms with Crippen LogP contribution in [-0.4, -0.2) is 29.9 Å². The van der Waals surface area contributed by atoms with Crippen LogP contribution in [0.15, 0.2) is 54.6 Å². The molecule has 0 amide bonds. The molecule has 1 atom stereocenters. The molecule has 0 heterocycles. The molecule has 2 N–H and O–H groups in total. The predicted molar refractivity (Wildman–Crippen MR) is 86.5 cm³/mol. The van der Waals surface area contributed by atoms with Crippen LogP contribution in [0.25, 0.3) is 0 Å². The van der Waals surface area contributed by atoms with Gasteiger partial charge >= 0.3 is 0 Å². The summed E-state index contributed by atoms with van der Waals surface area (Å²) in [6.45, 7) is 3.42. The molecular formula is C18H23NO2. The van der Waals surface area contributed by atoms with E-state index in [9.17, 15) is 5.11 Å². The lowest BCUT2D eigenvalue weighted by atomic mass is 10.0. The van der Waals surface area contributed by atoms with Gasteiger partial charge in [0.05, 0.1) is 6.10 Å². The van der Waals surface area contributed by atoms with Gasteiger partial charge in [0.25, 0.3) is 0 Å². The molecule has 2 aromatic rings. The molecule has 21 heavy (non-hydrogen) atoms. The lowest BCUT2D eigenvalue weighted by Crippen LogP contribution is -2.30. The standard InChI is InChI=1S/C18H23NO2/c1-15-8-5-6-11-17(15)18(21)14-19(12-7-13-20)16-9-3-2-4-10-16/h2-6,8-11,18,20-21H,7,12-14H2,1H3. The van der Waals surface area contributed by atoms with Gasteiger partial charge in [-0.3, -0.25) is 0 Å². The van der Waals surface area contributed by atoms with Crippen LogP contribution in [0.1, 0.15) is 23.7 Å². The molecule has 112 valence electrons. The van der Waals surface area contributed by atoms with Crippen molar-refractivity contribution < 1.29 is 10.2 Å². The summed E-state index contributed by atoms with van der Waals surface area (Å²) < 4.78 is 0. The summed E-state index contributed by atoms with van der Waals surface area (Å²) in [7, 11) is 0. The smallest absolute Gasteiger partial charge is 0.0967 e. The average molecular weight is 285 g/mol. The number of aryl methyl sites for hydroxylation is 1. The van der Waals surface area contributed by atoms with Crippen molar-refractivity contribution in [2.45, 2.75) is 19.4 Å². The SMILES string of the molecule is Cc1ccccc1C(O)CN(CCCO)c1ccccc1. The van der Waals surface area contributed by atoms with Crippen molar-refractivity contribution in [2.24, 2.45) is 0 Å². The third-order valence-corrected chi connectivity index (χ3v) is 3.65. The van der Waals surface area contributed by atoms with Crippen LogP contribution in [0, 0.1) is 6.92 Å². The monoisotopic (exact) mass is 285 g/mol. The minimum atomic E-state index is -0.537. The Morgan fingerprint density at radius 3 is 2.33 bits per heavy atom. The molecule has 0 spiro atoms. The van der Waals surface area contributed by atoms with E-state index < -0.39 is 6.10 Å². The molecule has 2 aromatic carbocycles. The first kappa shape index (κ1) is 15.5. The first-order valence-corrected chi connectivity index (χ1v) is 7.37. The first-order chi connectivity index (χ1) is 10.2. The van der Waals surface area contributed by atoms with Crippen LogP contribution in [0.4, 0.5) is 5.69 Å². The number of hydrogen-bond acceptors (Lipinski definition) is 3. The molecule has 0 saturated heterocycles. The minimum Gasteiger partial charge on any atom is -0.396 e. The third kappa shape index (κ3) is 4.31. The Balaban J connectivity index is 2.13. The molecule has 0 saturated carbocycles. The van der Waals surface area contributed by atoms with Gasteiger partial charge in [0, 0.05) is 25.4 Å². The van der Waals surface area contributed by atoms with E-state index in [2.05, 4.69) is 4.90 Å². The zero-order chi connectivity index (χ0) is 15.1. The summed E-state index contributed by atoms with van der Waals surface area (Å²) in [5, 5.41) is 19.6. The number of anilines is 1. The molecule has 0 fully saturated rings. The lowest BCUT2D eigenvalue weighted by Gasteiger charge is -2.28. The van der Waals surface area contributed by atoms with Crippen molar-refractivity contribution in [1.82, 2.24) is 0 Å².